The Morgan fingerprint density at radius 3 is 3.00 bits per heavy atom. The minimum atomic E-state index is -0.171. The fourth-order valence-electron chi connectivity index (χ4n) is 2.18. The summed E-state index contributed by atoms with van der Waals surface area (Å²) in [5.41, 5.74) is 2.94. The summed E-state index contributed by atoms with van der Waals surface area (Å²) in [5, 5.41) is 6.06. The van der Waals surface area contributed by atoms with Gasteiger partial charge in [-0.05, 0) is 52.5 Å². The van der Waals surface area contributed by atoms with Gasteiger partial charge >= 0.3 is 0 Å². The maximum absolute atomic E-state index is 12.2. The van der Waals surface area contributed by atoms with Crippen LogP contribution < -0.4 is 10.6 Å². The standard InChI is InChI=1S/C14H13BrN4O/c15-12-7-18-13(8-17-12)19-14(20)10-3-4-11-9(6-10)2-1-5-16-11/h3-4,6-8,16H,1-2,5H2,(H,18,19,20). The molecule has 1 aromatic heterocycles. The van der Waals surface area contributed by atoms with Crippen molar-refractivity contribution in [1.82, 2.24) is 9.97 Å². The number of hydrogen-bond donors (Lipinski definition) is 2. The number of fused-ring (bicyclic) bond motifs is 1. The van der Waals surface area contributed by atoms with E-state index in [-0.39, 0.29) is 5.91 Å². The highest BCUT2D eigenvalue weighted by Crippen LogP contribution is 2.23. The van der Waals surface area contributed by atoms with E-state index in [9.17, 15) is 4.79 Å². The largest absolute Gasteiger partial charge is 0.385 e. The maximum Gasteiger partial charge on any atom is 0.256 e. The number of anilines is 2. The average Bonchev–Trinajstić information content (AvgIpc) is 2.49. The SMILES string of the molecule is O=C(Nc1cnc(Br)cn1)c1ccc2c(c1)CCCN2. The minimum absolute atomic E-state index is 0.171. The monoisotopic (exact) mass is 332 g/mol. The van der Waals surface area contributed by atoms with Crippen molar-refractivity contribution in [3.05, 3.63) is 46.3 Å². The number of aromatic nitrogens is 2. The van der Waals surface area contributed by atoms with Crippen LogP contribution in [0.5, 0.6) is 0 Å². The van der Waals surface area contributed by atoms with Crippen LogP contribution in [0.2, 0.25) is 0 Å². The van der Waals surface area contributed by atoms with Gasteiger partial charge in [-0.1, -0.05) is 0 Å². The summed E-state index contributed by atoms with van der Waals surface area (Å²) in [6.07, 6.45) is 5.16. The third kappa shape index (κ3) is 2.80. The zero-order valence-electron chi connectivity index (χ0n) is 10.7. The van der Waals surface area contributed by atoms with Crippen LogP contribution in [0.25, 0.3) is 0 Å². The second kappa shape index (κ2) is 5.58. The molecule has 3 rings (SSSR count). The van der Waals surface area contributed by atoms with E-state index in [1.165, 1.54) is 11.8 Å². The molecule has 1 aromatic carbocycles. The van der Waals surface area contributed by atoms with E-state index in [0.717, 1.165) is 25.1 Å². The third-order valence-corrected chi connectivity index (χ3v) is 3.58. The molecule has 6 heteroatoms. The third-order valence-electron chi connectivity index (χ3n) is 3.17. The number of amides is 1. The lowest BCUT2D eigenvalue weighted by Gasteiger charge is -2.18. The van der Waals surface area contributed by atoms with E-state index < -0.39 is 0 Å². The van der Waals surface area contributed by atoms with E-state index in [2.05, 4.69) is 36.5 Å². The Hall–Kier alpha value is -1.95. The number of nitrogens with one attached hydrogen (secondary N) is 2. The number of halogens is 1. The van der Waals surface area contributed by atoms with Crippen molar-refractivity contribution in [3.63, 3.8) is 0 Å². The summed E-state index contributed by atoms with van der Waals surface area (Å²) < 4.78 is 0.635. The fraction of sp³-hybridized carbons (Fsp3) is 0.214. The Balaban J connectivity index is 1.78. The summed E-state index contributed by atoms with van der Waals surface area (Å²) in [7, 11) is 0. The van der Waals surface area contributed by atoms with Gasteiger partial charge < -0.3 is 10.6 Å². The zero-order valence-corrected chi connectivity index (χ0v) is 12.3. The Kier molecular flexibility index (Phi) is 3.64. The van der Waals surface area contributed by atoms with Crippen molar-refractivity contribution in [2.24, 2.45) is 0 Å². The number of carbonyl (C=O) groups is 1. The Morgan fingerprint density at radius 2 is 2.20 bits per heavy atom. The first-order chi connectivity index (χ1) is 9.72. The minimum Gasteiger partial charge on any atom is -0.385 e. The van der Waals surface area contributed by atoms with E-state index >= 15 is 0 Å². The molecule has 1 aliphatic rings. The van der Waals surface area contributed by atoms with Crippen LogP contribution in [-0.4, -0.2) is 22.4 Å². The quantitative estimate of drug-likeness (QED) is 0.887. The van der Waals surface area contributed by atoms with Crippen LogP contribution in [-0.2, 0) is 6.42 Å². The predicted octanol–water partition coefficient (Wildman–Crippen LogP) is 2.85. The Morgan fingerprint density at radius 1 is 1.30 bits per heavy atom. The average molecular weight is 333 g/mol. The van der Waals surface area contributed by atoms with Crippen LogP contribution in [0, 0.1) is 0 Å². The highest BCUT2D eigenvalue weighted by atomic mass is 79.9. The second-order valence-electron chi connectivity index (χ2n) is 4.58. The summed E-state index contributed by atoms with van der Waals surface area (Å²) in [5.74, 6) is 0.268. The fourth-order valence-corrected chi connectivity index (χ4v) is 2.39. The molecule has 0 saturated carbocycles. The van der Waals surface area contributed by atoms with E-state index in [1.54, 1.807) is 6.20 Å². The molecule has 0 radical (unpaired) electrons. The number of carbonyl (C=O) groups excluding carboxylic acids is 1. The number of aryl methyl sites for hydroxylation is 1. The van der Waals surface area contributed by atoms with E-state index in [4.69, 9.17) is 0 Å². The molecule has 1 amide bonds. The Labute approximate surface area is 125 Å². The summed E-state index contributed by atoms with van der Waals surface area (Å²) >= 11 is 3.20. The first kappa shape index (κ1) is 13.1. The number of benzene rings is 1. The lowest BCUT2D eigenvalue weighted by Crippen LogP contribution is -2.16. The normalized spacial score (nSPS) is 13.2. The molecule has 0 spiro atoms. The number of hydrogen-bond acceptors (Lipinski definition) is 4. The van der Waals surface area contributed by atoms with Gasteiger partial charge in [0.05, 0.1) is 12.4 Å². The van der Waals surface area contributed by atoms with Gasteiger partial charge in [0.25, 0.3) is 5.91 Å². The molecule has 0 bridgehead atoms. The van der Waals surface area contributed by atoms with Crippen LogP contribution in [0.3, 0.4) is 0 Å². The Bertz CT molecular complexity index is 642. The molecule has 0 fully saturated rings. The van der Waals surface area contributed by atoms with Gasteiger partial charge in [0, 0.05) is 17.8 Å². The van der Waals surface area contributed by atoms with E-state index in [0.29, 0.717) is 16.0 Å². The lowest BCUT2D eigenvalue weighted by atomic mass is 10.0. The molecule has 20 heavy (non-hydrogen) atoms. The zero-order chi connectivity index (χ0) is 13.9. The van der Waals surface area contributed by atoms with Crippen molar-refractivity contribution in [2.75, 3.05) is 17.2 Å². The summed E-state index contributed by atoms with van der Waals surface area (Å²) in [6.45, 7) is 0.993. The predicted molar refractivity (Wildman–Crippen MR) is 80.9 cm³/mol. The molecule has 0 saturated heterocycles. The molecular weight excluding hydrogens is 320 g/mol. The van der Waals surface area contributed by atoms with Crippen LogP contribution in [0.1, 0.15) is 22.3 Å². The van der Waals surface area contributed by atoms with Gasteiger partial charge in [-0.3, -0.25) is 4.79 Å². The van der Waals surface area contributed by atoms with Gasteiger partial charge in [0.15, 0.2) is 5.82 Å². The van der Waals surface area contributed by atoms with Crippen molar-refractivity contribution in [3.8, 4) is 0 Å². The van der Waals surface area contributed by atoms with Gasteiger partial charge in [-0.15, -0.1) is 0 Å². The first-order valence-electron chi connectivity index (χ1n) is 6.38. The highest BCUT2D eigenvalue weighted by molar-refractivity contribution is 9.10. The number of nitrogens with zero attached hydrogens (tertiary/aromatic N) is 2. The van der Waals surface area contributed by atoms with Crippen molar-refractivity contribution in [2.45, 2.75) is 12.8 Å². The molecule has 0 atom stereocenters. The summed E-state index contributed by atoms with van der Waals surface area (Å²) in [6, 6.07) is 5.71. The summed E-state index contributed by atoms with van der Waals surface area (Å²) in [4.78, 5) is 20.3. The lowest BCUT2D eigenvalue weighted by molar-refractivity contribution is 0.102. The van der Waals surface area contributed by atoms with Crippen LogP contribution in [0.4, 0.5) is 11.5 Å². The molecule has 0 aliphatic carbocycles. The molecular formula is C14H13BrN4O. The smallest absolute Gasteiger partial charge is 0.256 e. The first-order valence-corrected chi connectivity index (χ1v) is 7.17. The molecule has 1 aliphatic heterocycles. The maximum atomic E-state index is 12.2. The van der Waals surface area contributed by atoms with Crippen LogP contribution in [0.15, 0.2) is 35.2 Å². The van der Waals surface area contributed by atoms with Crippen LogP contribution >= 0.6 is 15.9 Å². The molecule has 102 valence electrons. The molecule has 2 heterocycles. The van der Waals surface area contributed by atoms with Gasteiger partial charge in [-0.25, -0.2) is 9.97 Å². The van der Waals surface area contributed by atoms with Gasteiger partial charge in [0.1, 0.15) is 4.60 Å². The molecule has 2 N–H and O–H groups in total. The second-order valence-corrected chi connectivity index (χ2v) is 5.39. The molecule has 0 unspecified atom stereocenters. The molecule has 2 aromatic rings. The number of rotatable bonds is 2. The van der Waals surface area contributed by atoms with Crippen molar-refractivity contribution in [1.29, 1.82) is 0 Å². The highest BCUT2D eigenvalue weighted by Gasteiger charge is 2.13. The topological polar surface area (TPSA) is 66.9 Å². The molecule has 5 nitrogen and oxygen atoms in total. The van der Waals surface area contributed by atoms with Crippen molar-refractivity contribution < 1.29 is 4.79 Å². The van der Waals surface area contributed by atoms with Gasteiger partial charge in [0.2, 0.25) is 0 Å². The van der Waals surface area contributed by atoms with Gasteiger partial charge in [-0.2, -0.15) is 0 Å². The van der Waals surface area contributed by atoms with Crippen molar-refractivity contribution >= 4 is 33.3 Å². The van der Waals surface area contributed by atoms with E-state index in [1.807, 2.05) is 18.2 Å².